The number of aromatic nitrogens is 5. The lowest BCUT2D eigenvalue weighted by Crippen LogP contribution is -2.42. The van der Waals surface area contributed by atoms with Crippen LogP contribution in [0, 0.1) is 5.82 Å². The van der Waals surface area contributed by atoms with E-state index >= 15 is 0 Å². The minimum Gasteiger partial charge on any atom is -0.368 e. The molecule has 3 aromatic rings. The molecule has 0 atom stereocenters. The maximum Gasteiger partial charge on any atom is 0.266 e. The molecule has 1 saturated carbocycles. The Kier molecular flexibility index (Phi) is 4.27. The number of hydrogen-bond acceptors (Lipinski definition) is 6. The molecule has 4 N–H and O–H groups in total. The monoisotopic (exact) mass is 367 g/mol. The molecule has 138 valence electrons. The van der Waals surface area contributed by atoms with E-state index in [1.54, 1.807) is 24.4 Å². The summed E-state index contributed by atoms with van der Waals surface area (Å²) in [4.78, 5) is 22.2. The average Bonchev–Trinajstić information content (AvgIpc) is 3.13. The molecule has 0 bridgehead atoms. The van der Waals surface area contributed by atoms with Crippen molar-refractivity contribution in [2.75, 3.05) is 11.9 Å². The van der Waals surface area contributed by atoms with Crippen LogP contribution in [-0.4, -0.2) is 37.6 Å². The van der Waals surface area contributed by atoms with E-state index in [-0.39, 0.29) is 16.9 Å². The van der Waals surface area contributed by atoms with Crippen LogP contribution >= 0.6 is 0 Å². The lowest BCUT2D eigenvalue weighted by atomic mass is 9.66. The second-order valence-electron chi connectivity index (χ2n) is 6.63. The summed E-state index contributed by atoms with van der Waals surface area (Å²) in [7, 11) is 0. The summed E-state index contributed by atoms with van der Waals surface area (Å²) in [5.41, 5.74) is 6.08. The van der Waals surface area contributed by atoms with Gasteiger partial charge in [0.25, 0.3) is 5.91 Å². The summed E-state index contributed by atoms with van der Waals surface area (Å²) in [6.07, 6.45) is 5.77. The maximum absolute atomic E-state index is 14.2. The summed E-state index contributed by atoms with van der Waals surface area (Å²) >= 11 is 0. The molecule has 1 fully saturated rings. The van der Waals surface area contributed by atoms with Crippen LogP contribution in [0.1, 0.15) is 35.4 Å². The molecule has 8 nitrogen and oxygen atoms in total. The molecule has 9 heteroatoms. The number of nitrogens with one attached hydrogen (secondary N) is 2. The quantitative estimate of drug-likeness (QED) is 0.613. The van der Waals surface area contributed by atoms with Gasteiger partial charge >= 0.3 is 0 Å². The van der Waals surface area contributed by atoms with Crippen LogP contribution in [0.3, 0.4) is 0 Å². The number of hydrogen-bond donors (Lipinski definition) is 3. The zero-order valence-corrected chi connectivity index (χ0v) is 14.4. The molecule has 0 aliphatic heterocycles. The Labute approximate surface area is 154 Å². The number of pyridine rings is 1. The minimum atomic E-state index is -0.590. The van der Waals surface area contributed by atoms with Crippen molar-refractivity contribution in [3.05, 3.63) is 53.9 Å². The Morgan fingerprint density at radius 1 is 1.26 bits per heavy atom. The van der Waals surface area contributed by atoms with E-state index in [9.17, 15) is 9.18 Å². The summed E-state index contributed by atoms with van der Waals surface area (Å²) < 4.78 is 14.2. The molecule has 0 unspecified atom stereocenters. The number of halogens is 1. The molecular formula is C18H18FN7O. The molecule has 1 aliphatic carbocycles. The Hall–Kier alpha value is -3.36. The third-order valence-corrected chi connectivity index (χ3v) is 4.93. The summed E-state index contributed by atoms with van der Waals surface area (Å²) in [6.45, 7) is 0.529. The second-order valence-corrected chi connectivity index (χ2v) is 6.63. The number of anilines is 1. The highest BCUT2D eigenvalue weighted by Gasteiger charge is 2.41. The zero-order valence-electron chi connectivity index (χ0n) is 14.4. The maximum atomic E-state index is 14.2. The van der Waals surface area contributed by atoms with Crippen molar-refractivity contribution in [2.24, 2.45) is 5.73 Å². The van der Waals surface area contributed by atoms with E-state index in [4.69, 9.17) is 5.73 Å². The first kappa shape index (κ1) is 17.1. The predicted octanol–water partition coefficient (Wildman–Crippen LogP) is 2.03. The molecule has 3 aromatic heterocycles. The fourth-order valence-electron chi connectivity index (χ4n) is 3.27. The zero-order chi connectivity index (χ0) is 18.9. The van der Waals surface area contributed by atoms with Crippen LogP contribution in [0.25, 0.3) is 11.5 Å². The first-order valence-corrected chi connectivity index (χ1v) is 8.61. The number of nitrogens with two attached hydrogens (primary N) is 1. The first-order chi connectivity index (χ1) is 13.1. The predicted molar refractivity (Wildman–Crippen MR) is 96.3 cm³/mol. The van der Waals surface area contributed by atoms with Gasteiger partial charge in [0, 0.05) is 18.2 Å². The third kappa shape index (κ3) is 3.23. The molecule has 4 rings (SSSR count). The highest BCUT2D eigenvalue weighted by molar-refractivity contribution is 5.91. The number of rotatable bonds is 6. The van der Waals surface area contributed by atoms with Gasteiger partial charge in [-0.1, -0.05) is 6.42 Å². The normalized spacial score (nSPS) is 15.1. The van der Waals surface area contributed by atoms with Gasteiger partial charge in [-0.25, -0.2) is 9.37 Å². The highest BCUT2D eigenvalue weighted by Crippen LogP contribution is 2.43. The van der Waals surface area contributed by atoms with Crippen molar-refractivity contribution in [1.82, 2.24) is 25.1 Å². The van der Waals surface area contributed by atoms with Gasteiger partial charge in [-0.3, -0.25) is 9.78 Å². The number of H-pyrrole nitrogens is 1. The fourth-order valence-corrected chi connectivity index (χ4v) is 3.27. The van der Waals surface area contributed by atoms with Crippen LogP contribution in [0.5, 0.6) is 0 Å². The van der Waals surface area contributed by atoms with Gasteiger partial charge in [-0.2, -0.15) is 0 Å². The summed E-state index contributed by atoms with van der Waals surface area (Å²) in [6, 6.07) is 6.53. The number of primary amides is 1. The van der Waals surface area contributed by atoms with Gasteiger partial charge in [0.2, 0.25) is 0 Å². The van der Waals surface area contributed by atoms with Gasteiger partial charge in [0.05, 0.1) is 11.9 Å². The number of nitrogens with zero attached hydrogens (tertiary/aromatic N) is 4. The van der Waals surface area contributed by atoms with Gasteiger partial charge in [-0.05, 0) is 37.1 Å². The van der Waals surface area contributed by atoms with Crippen molar-refractivity contribution in [1.29, 1.82) is 0 Å². The van der Waals surface area contributed by atoms with E-state index in [0.29, 0.717) is 29.6 Å². The number of imidazole rings is 1. The van der Waals surface area contributed by atoms with Crippen molar-refractivity contribution in [3.8, 4) is 11.5 Å². The van der Waals surface area contributed by atoms with Gasteiger partial charge in [0.15, 0.2) is 5.82 Å². The summed E-state index contributed by atoms with van der Waals surface area (Å²) in [5, 5.41) is 11.5. The van der Waals surface area contributed by atoms with Gasteiger partial charge < -0.3 is 16.0 Å². The number of carbonyl (C=O) groups is 1. The Balaban J connectivity index is 1.47. The van der Waals surface area contributed by atoms with E-state index in [1.807, 2.05) is 0 Å². The molecule has 0 radical (unpaired) electrons. The van der Waals surface area contributed by atoms with Crippen molar-refractivity contribution < 1.29 is 9.18 Å². The smallest absolute Gasteiger partial charge is 0.266 e. The van der Waals surface area contributed by atoms with Crippen LogP contribution < -0.4 is 11.1 Å². The minimum absolute atomic E-state index is 0.207. The standard InChI is InChI=1S/C18H18FN7O/c19-11-3-1-8-21-15(11)18(6-2-7-18)10-23-14-5-4-12(25-26-14)17-22-9-13(24-17)16(20)27/h1,3-5,8-9H,2,6-7,10H2,(H2,20,27)(H,22,24)(H,23,26). The van der Waals surface area contributed by atoms with Gasteiger partial charge in [0.1, 0.15) is 23.0 Å². The molecule has 1 amide bonds. The number of carbonyl (C=O) groups excluding carboxylic acids is 1. The highest BCUT2D eigenvalue weighted by atomic mass is 19.1. The fraction of sp³-hybridized carbons (Fsp3) is 0.278. The number of aromatic amines is 1. The molecule has 0 aromatic carbocycles. The molecule has 0 spiro atoms. The SMILES string of the molecule is NC(=O)c1cnc(-c2ccc(NCC3(c4ncccc4F)CCC3)nn2)[nH]1. The Bertz CT molecular complexity index is 966. The molecular weight excluding hydrogens is 349 g/mol. The second kappa shape index (κ2) is 6.75. The van der Waals surface area contributed by atoms with Gasteiger partial charge in [-0.15, -0.1) is 10.2 Å². The number of amides is 1. The topological polar surface area (TPSA) is 122 Å². The first-order valence-electron chi connectivity index (χ1n) is 8.61. The lowest BCUT2D eigenvalue weighted by molar-refractivity contribution is 0.0996. The third-order valence-electron chi connectivity index (χ3n) is 4.93. The molecule has 27 heavy (non-hydrogen) atoms. The largest absolute Gasteiger partial charge is 0.368 e. The Morgan fingerprint density at radius 3 is 2.70 bits per heavy atom. The van der Waals surface area contributed by atoms with E-state index in [0.717, 1.165) is 19.3 Å². The van der Waals surface area contributed by atoms with Crippen molar-refractivity contribution in [2.45, 2.75) is 24.7 Å². The molecule has 0 saturated heterocycles. The Morgan fingerprint density at radius 2 is 2.11 bits per heavy atom. The van der Waals surface area contributed by atoms with E-state index in [1.165, 1.54) is 12.3 Å². The van der Waals surface area contributed by atoms with Crippen LogP contribution in [0.15, 0.2) is 36.7 Å². The van der Waals surface area contributed by atoms with Crippen LogP contribution in [0.2, 0.25) is 0 Å². The van der Waals surface area contributed by atoms with Crippen molar-refractivity contribution in [3.63, 3.8) is 0 Å². The van der Waals surface area contributed by atoms with E-state index < -0.39 is 5.91 Å². The average molecular weight is 367 g/mol. The molecule has 3 heterocycles. The van der Waals surface area contributed by atoms with E-state index in [2.05, 4.69) is 30.5 Å². The lowest BCUT2D eigenvalue weighted by Gasteiger charge is -2.41. The van der Waals surface area contributed by atoms with Crippen LogP contribution in [-0.2, 0) is 5.41 Å². The molecule has 1 aliphatic rings. The van der Waals surface area contributed by atoms with Crippen molar-refractivity contribution >= 4 is 11.7 Å². The van der Waals surface area contributed by atoms with Crippen LogP contribution in [0.4, 0.5) is 10.2 Å². The summed E-state index contributed by atoms with van der Waals surface area (Å²) in [5.74, 6) is 0.118.